The lowest BCUT2D eigenvalue weighted by Crippen LogP contribution is -2.36. The zero-order valence-electron chi connectivity index (χ0n) is 10.9. The van der Waals surface area contributed by atoms with Crippen molar-refractivity contribution in [2.45, 2.75) is 6.92 Å². The molecule has 1 aliphatic heterocycles. The number of anilines is 1. The third kappa shape index (κ3) is 2.19. The number of fused-ring (bicyclic) bond motifs is 1. The Morgan fingerprint density at radius 1 is 1.32 bits per heavy atom. The SMILES string of the molecule is Cc1cc(N2CCOCC2)nc2c(C=O)cccc12. The molecule has 1 aliphatic rings. The molecule has 0 radical (unpaired) electrons. The Morgan fingerprint density at radius 3 is 2.84 bits per heavy atom. The molecule has 1 aromatic carbocycles. The van der Waals surface area contributed by atoms with E-state index in [2.05, 4.69) is 22.9 Å². The summed E-state index contributed by atoms with van der Waals surface area (Å²) in [5, 5.41) is 1.04. The second kappa shape index (κ2) is 4.97. The van der Waals surface area contributed by atoms with Gasteiger partial charge in [-0.2, -0.15) is 0 Å². The summed E-state index contributed by atoms with van der Waals surface area (Å²) < 4.78 is 5.36. The first-order valence-corrected chi connectivity index (χ1v) is 6.48. The summed E-state index contributed by atoms with van der Waals surface area (Å²) in [6.07, 6.45) is 0.873. The van der Waals surface area contributed by atoms with Crippen LogP contribution in [0, 0.1) is 6.92 Å². The fourth-order valence-electron chi connectivity index (χ4n) is 2.47. The van der Waals surface area contributed by atoms with E-state index in [1.807, 2.05) is 18.2 Å². The molecule has 0 amide bonds. The Balaban J connectivity index is 2.14. The molecule has 0 N–H and O–H groups in total. The zero-order chi connectivity index (χ0) is 13.2. The molecule has 0 saturated carbocycles. The van der Waals surface area contributed by atoms with Crippen molar-refractivity contribution >= 4 is 23.0 Å². The van der Waals surface area contributed by atoms with Crippen LogP contribution in [-0.4, -0.2) is 37.6 Å². The van der Waals surface area contributed by atoms with Crippen molar-refractivity contribution in [2.75, 3.05) is 31.2 Å². The highest BCUT2D eigenvalue weighted by Crippen LogP contribution is 2.24. The number of benzene rings is 1. The predicted octanol–water partition coefficient (Wildman–Crippen LogP) is 2.19. The zero-order valence-corrected chi connectivity index (χ0v) is 10.9. The lowest BCUT2D eigenvalue weighted by molar-refractivity contribution is 0.112. The van der Waals surface area contributed by atoms with Crippen LogP contribution in [0.25, 0.3) is 10.9 Å². The number of hydrogen-bond acceptors (Lipinski definition) is 4. The lowest BCUT2D eigenvalue weighted by atomic mass is 10.1. The molecule has 0 bridgehead atoms. The van der Waals surface area contributed by atoms with Gasteiger partial charge in [0, 0.05) is 24.0 Å². The number of carbonyl (C=O) groups excluding carboxylic acids is 1. The minimum atomic E-state index is 0.649. The number of aryl methyl sites for hydroxylation is 1. The Bertz CT molecular complexity index is 619. The Morgan fingerprint density at radius 2 is 2.11 bits per heavy atom. The van der Waals surface area contributed by atoms with Crippen LogP contribution in [0.3, 0.4) is 0 Å². The maximum atomic E-state index is 11.1. The van der Waals surface area contributed by atoms with Gasteiger partial charge in [0.15, 0.2) is 6.29 Å². The first-order chi connectivity index (χ1) is 9.29. The summed E-state index contributed by atoms with van der Waals surface area (Å²) >= 11 is 0. The second-order valence-electron chi connectivity index (χ2n) is 4.76. The molecular weight excluding hydrogens is 240 g/mol. The van der Waals surface area contributed by atoms with Crippen LogP contribution in [0.2, 0.25) is 0 Å². The molecule has 0 spiro atoms. The number of para-hydroxylation sites is 1. The fraction of sp³-hybridized carbons (Fsp3) is 0.333. The monoisotopic (exact) mass is 256 g/mol. The number of aldehydes is 1. The molecule has 3 rings (SSSR count). The smallest absolute Gasteiger partial charge is 0.152 e. The summed E-state index contributed by atoms with van der Waals surface area (Å²) in [6, 6.07) is 7.80. The quantitative estimate of drug-likeness (QED) is 0.772. The van der Waals surface area contributed by atoms with Gasteiger partial charge in [0.25, 0.3) is 0 Å². The van der Waals surface area contributed by atoms with E-state index in [0.717, 1.165) is 54.9 Å². The largest absolute Gasteiger partial charge is 0.378 e. The number of rotatable bonds is 2. The minimum absolute atomic E-state index is 0.649. The molecule has 0 unspecified atom stereocenters. The number of hydrogen-bond donors (Lipinski definition) is 0. The summed E-state index contributed by atoms with van der Waals surface area (Å²) in [6.45, 7) is 5.22. The maximum Gasteiger partial charge on any atom is 0.152 e. The van der Waals surface area contributed by atoms with Crippen molar-refractivity contribution in [1.29, 1.82) is 0 Å². The van der Waals surface area contributed by atoms with Crippen molar-refractivity contribution in [3.8, 4) is 0 Å². The summed E-state index contributed by atoms with van der Waals surface area (Å²) in [5.41, 5.74) is 2.59. The molecule has 0 aliphatic carbocycles. The van der Waals surface area contributed by atoms with Crippen molar-refractivity contribution in [1.82, 2.24) is 4.98 Å². The Kier molecular flexibility index (Phi) is 3.17. The highest BCUT2D eigenvalue weighted by atomic mass is 16.5. The van der Waals surface area contributed by atoms with Gasteiger partial charge in [0.2, 0.25) is 0 Å². The van der Waals surface area contributed by atoms with E-state index in [1.165, 1.54) is 0 Å². The van der Waals surface area contributed by atoms with E-state index < -0.39 is 0 Å². The lowest BCUT2D eigenvalue weighted by Gasteiger charge is -2.28. The van der Waals surface area contributed by atoms with E-state index in [9.17, 15) is 4.79 Å². The summed E-state index contributed by atoms with van der Waals surface area (Å²) in [5.74, 6) is 0.933. The van der Waals surface area contributed by atoms with Crippen LogP contribution in [0.4, 0.5) is 5.82 Å². The molecule has 1 saturated heterocycles. The normalized spacial score (nSPS) is 15.7. The Hall–Kier alpha value is -1.94. The second-order valence-corrected chi connectivity index (χ2v) is 4.76. The fourth-order valence-corrected chi connectivity index (χ4v) is 2.47. The molecule has 1 fully saturated rings. The van der Waals surface area contributed by atoms with Gasteiger partial charge in [0.1, 0.15) is 5.82 Å². The molecule has 0 atom stereocenters. The first kappa shape index (κ1) is 12.1. The molecule has 2 aromatic rings. The van der Waals surface area contributed by atoms with Crippen molar-refractivity contribution < 1.29 is 9.53 Å². The van der Waals surface area contributed by atoms with Gasteiger partial charge in [-0.05, 0) is 24.6 Å². The highest BCUT2D eigenvalue weighted by Gasteiger charge is 2.14. The van der Waals surface area contributed by atoms with Gasteiger partial charge < -0.3 is 9.64 Å². The average molecular weight is 256 g/mol. The van der Waals surface area contributed by atoms with E-state index in [-0.39, 0.29) is 0 Å². The minimum Gasteiger partial charge on any atom is -0.378 e. The molecule has 4 heteroatoms. The predicted molar refractivity (Wildman–Crippen MR) is 74.9 cm³/mol. The van der Waals surface area contributed by atoms with Gasteiger partial charge in [-0.1, -0.05) is 12.1 Å². The molecular formula is C15H16N2O2. The van der Waals surface area contributed by atoms with Crippen molar-refractivity contribution in [3.63, 3.8) is 0 Å². The van der Waals surface area contributed by atoms with Gasteiger partial charge in [-0.15, -0.1) is 0 Å². The van der Waals surface area contributed by atoms with Crippen LogP contribution in [-0.2, 0) is 4.74 Å². The number of morpholine rings is 1. The maximum absolute atomic E-state index is 11.1. The third-order valence-corrected chi connectivity index (χ3v) is 3.53. The number of carbonyl (C=O) groups is 1. The van der Waals surface area contributed by atoms with Crippen LogP contribution >= 0.6 is 0 Å². The van der Waals surface area contributed by atoms with E-state index in [0.29, 0.717) is 5.56 Å². The molecule has 1 aromatic heterocycles. The van der Waals surface area contributed by atoms with Crippen molar-refractivity contribution in [2.24, 2.45) is 0 Å². The van der Waals surface area contributed by atoms with Crippen LogP contribution < -0.4 is 4.90 Å². The highest BCUT2D eigenvalue weighted by molar-refractivity contribution is 5.97. The Labute approximate surface area is 112 Å². The molecule has 98 valence electrons. The van der Waals surface area contributed by atoms with E-state index in [4.69, 9.17) is 4.74 Å². The number of pyridine rings is 1. The van der Waals surface area contributed by atoms with Crippen LogP contribution in [0.1, 0.15) is 15.9 Å². The molecule has 4 nitrogen and oxygen atoms in total. The molecule has 2 heterocycles. The average Bonchev–Trinajstić information content (AvgIpc) is 2.47. The molecule has 19 heavy (non-hydrogen) atoms. The number of ether oxygens (including phenoxy) is 1. The van der Waals surface area contributed by atoms with Gasteiger partial charge in [-0.3, -0.25) is 4.79 Å². The van der Waals surface area contributed by atoms with Crippen molar-refractivity contribution in [3.05, 3.63) is 35.4 Å². The number of nitrogens with zero attached hydrogens (tertiary/aromatic N) is 2. The van der Waals surface area contributed by atoms with Gasteiger partial charge in [-0.25, -0.2) is 4.98 Å². The van der Waals surface area contributed by atoms with E-state index in [1.54, 1.807) is 0 Å². The standard InChI is InChI=1S/C15H16N2O2/c1-11-9-14(17-5-7-19-8-6-17)16-15-12(10-18)3-2-4-13(11)15/h2-4,9-10H,5-8H2,1H3. The summed E-state index contributed by atoms with van der Waals surface area (Å²) in [7, 11) is 0. The first-order valence-electron chi connectivity index (χ1n) is 6.48. The van der Waals surface area contributed by atoms with Gasteiger partial charge >= 0.3 is 0 Å². The number of aromatic nitrogens is 1. The van der Waals surface area contributed by atoms with Gasteiger partial charge in [0.05, 0.1) is 18.7 Å². The topological polar surface area (TPSA) is 42.4 Å². The van der Waals surface area contributed by atoms with Crippen LogP contribution in [0.5, 0.6) is 0 Å². The third-order valence-electron chi connectivity index (χ3n) is 3.53. The van der Waals surface area contributed by atoms with Crippen LogP contribution in [0.15, 0.2) is 24.3 Å². The van der Waals surface area contributed by atoms with E-state index >= 15 is 0 Å². The summed E-state index contributed by atoms with van der Waals surface area (Å²) in [4.78, 5) is 18.0.